The third-order valence-electron chi connectivity index (χ3n) is 6.78. The van der Waals surface area contributed by atoms with E-state index in [0.29, 0.717) is 0 Å². The molecule has 3 rings (SSSR count). The van der Waals surface area contributed by atoms with E-state index in [1.54, 1.807) is 20.8 Å². The van der Waals surface area contributed by atoms with E-state index in [1.165, 1.54) is 0 Å². The number of hydrogen-bond acceptors (Lipinski definition) is 4. The maximum Gasteiger partial charge on any atom is 0.417 e. The number of alkyl halides is 5. The first kappa shape index (κ1) is 31.8. The molecule has 11 heteroatoms. The van der Waals surface area contributed by atoms with Crippen molar-refractivity contribution >= 4 is 62.6 Å². The first-order valence-corrected chi connectivity index (χ1v) is 16.1. The van der Waals surface area contributed by atoms with Crippen LogP contribution in [0, 0.1) is 5.92 Å². The van der Waals surface area contributed by atoms with Gasteiger partial charge in [-0.05, 0) is 36.2 Å². The van der Waals surface area contributed by atoms with E-state index in [9.17, 15) is 22.8 Å². The van der Waals surface area contributed by atoms with Crippen LogP contribution in [0.3, 0.4) is 0 Å². The van der Waals surface area contributed by atoms with Crippen molar-refractivity contribution < 1.29 is 31.9 Å². The molecule has 0 saturated carbocycles. The summed E-state index contributed by atoms with van der Waals surface area (Å²) < 4.78 is 52.3. The Bertz CT molecular complexity index is 1130. The highest BCUT2D eigenvalue weighted by Crippen LogP contribution is 2.54. The fourth-order valence-electron chi connectivity index (χ4n) is 5.08. The first-order valence-electron chi connectivity index (χ1n) is 12.6. The van der Waals surface area contributed by atoms with Crippen molar-refractivity contribution in [3.05, 3.63) is 60.7 Å². The minimum Gasteiger partial charge on any atom is -0.443 e. The maximum absolute atomic E-state index is 14.2. The largest absolute Gasteiger partial charge is 0.443 e. The van der Waals surface area contributed by atoms with Crippen molar-refractivity contribution in [1.82, 2.24) is 4.90 Å². The van der Waals surface area contributed by atoms with Crippen molar-refractivity contribution in [2.45, 2.75) is 74.1 Å². The Hall–Kier alpha value is -1.69. The summed E-state index contributed by atoms with van der Waals surface area (Å²) >= 11 is 5.60. The third kappa shape index (κ3) is 6.46. The van der Waals surface area contributed by atoms with Gasteiger partial charge in [-0.2, -0.15) is 13.2 Å². The van der Waals surface area contributed by atoms with Gasteiger partial charge in [0.15, 0.2) is 3.23 Å². The summed E-state index contributed by atoms with van der Waals surface area (Å²) in [6.45, 7) is 10.7. The van der Waals surface area contributed by atoms with Crippen LogP contribution in [0.15, 0.2) is 60.7 Å². The Balaban J connectivity index is 2.16. The lowest BCUT2D eigenvalue weighted by Crippen LogP contribution is -2.67. The Labute approximate surface area is 245 Å². The molecule has 2 aromatic rings. The zero-order valence-corrected chi connectivity index (χ0v) is 27.0. The number of carbonyl (C=O) groups is 2. The van der Waals surface area contributed by atoms with Crippen LogP contribution in [-0.4, -0.2) is 52.9 Å². The number of imide groups is 1. The predicted octanol–water partition coefficient (Wildman–Crippen LogP) is 6.76. The highest BCUT2D eigenvalue weighted by atomic mass is 79.9. The van der Waals surface area contributed by atoms with Gasteiger partial charge in [-0.25, -0.2) is 9.69 Å². The molecule has 0 aliphatic carbocycles. The van der Waals surface area contributed by atoms with E-state index in [-0.39, 0.29) is 6.61 Å². The molecule has 2 aromatic carbocycles. The molecule has 2 atom stereocenters. The van der Waals surface area contributed by atoms with Crippen LogP contribution in [0.2, 0.25) is 5.04 Å². The minimum absolute atomic E-state index is 0.308. The SMILES string of the molecule is CC(C)(C)OC(=O)N1C(=O)C[C@@H](C(Br)(Br)C(F)(F)F)[C@@H]1CO[Si](c1ccccc1)(c1ccccc1)C(C)(C)C. The van der Waals surface area contributed by atoms with E-state index in [0.717, 1.165) is 15.3 Å². The molecule has 5 nitrogen and oxygen atoms in total. The molecule has 39 heavy (non-hydrogen) atoms. The molecule has 1 saturated heterocycles. The van der Waals surface area contributed by atoms with E-state index in [2.05, 4.69) is 31.9 Å². The molecule has 0 bridgehead atoms. The smallest absolute Gasteiger partial charge is 0.417 e. The van der Waals surface area contributed by atoms with Crippen LogP contribution in [0.1, 0.15) is 48.0 Å². The van der Waals surface area contributed by atoms with E-state index < -0.39 is 58.7 Å². The zero-order valence-electron chi connectivity index (χ0n) is 22.8. The van der Waals surface area contributed by atoms with E-state index >= 15 is 0 Å². The fourth-order valence-corrected chi connectivity index (χ4v) is 10.6. The first-order chi connectivity index (χ1) is 17.8. The van der Waals surface area contributed by atoms with E-state index in [1.807, 2.05) is 81.4 Å². The number of likely N-dealkylation sites (tertiary alicyclic amines) is 1. The highest BCUT2D eigenvalue weighted by molar-refractivity contribution is 9.25. The number of hydrogen-bond donors (Lipinski definition) is 0. The van der Waals surface area contributed by atoms with Gasteiger partial charge >= 0.3 is 12.3 Å². The van der Waals surface area contributed by atoms with Crippen molar-refractivity contribution in [1.29, 1.82) is 0 Å². The fraction of sp³-hybridized carbons (Fsp3) is 0.500. The lowest BCUT2D eigenvalue weighted by atomic mass is 9.96. The van der Waals surface area contributed by atoms with Crippen LogP contribution in [-0.2, 0) is 14.0 Å². The standard InChI is InChI=1S/C28H34Br2F3NO4Si/c1-25(2,3)38-24(36)34-22(21(17-23(34)35)27(29,30)28(31,32)33)18-37-39(26(4,5)6,19-13-9-7-10-14-19)20-15-11-8-12-16-20/h7-16,21-22H,17-18H2,1-6H3/t21-,22+/m1/s1. The van der Waals surface area contributed by atoms with Crippen LogP contribution >= 0.6 is 31.9 Å². The van der Waals surface area contributed by atoms with Gasteiger partial charge in [-0.3, -0.25) is 4.79 Å². The van der Waals surface area contributed by atoms with Crippen molar-refractivity contribution in [2.75, 3.05) is 6.61 Å². The molecule has 214 valence electrons. The van der Waals surface area contributed by atoms with Crippen LogP contribution < -0.4 is 10.4 Å². The summed E-state index contributed by atoms with van der Waals surface area (Å²) in [5.74, 6) is -2.13. The second kappa shape index (κ2) is 11.3. The molecule has 0 radical (unpaired) electrons. The number of ether oxygens (including phenoxy) is 1. The zero-order chi connectivity index (χ0) is 29.4. The quantitative estimate of drug-likeness (QED) is 0.248. The van der Waals surface area contributed by atoms with Crippen molar-refractivity contribution in [3.8, 4) is 0 Å². The van der Waals surface area contributed by atoms with Gasteiger partial charge in [-0.1, -0.05) is 113 Å². The molecule has 2 amide bonds. The topological polar surface area (TPSA) is 55.8 Å². The third-order valence-corrected chi connectivity index (χ3v) is 13.9. The number of amides is 2. The minimum atomic E-state index is -4.77. The lowest BCUT2D eigenvalue weighted by Gasteiger charge is -2.45. The van der Waals surface area contributed by atoms with Gasteiger partial charge < -0.3 is 9.16 Å². The average molecular weight is 693 g/mol. The molecule has 1 heterocycles. The van der Waals surface area contributed by atoms with Crippen molar-refractivity contribution in [2.24, 2.45) is 5.92 Å². The Morgan fingerprint density at radius 2 is 1.38 bits per heavy atom. The number of rotatable bonds is 6. The van der Waals surface area contributed by atoms with Gasteiger partial charge in [0, 0.05) is 12.3 Å². The maximum atomic E-state index is 14.2. The van der Waals surface area contributed by atoms with Gasteiger partial charge in [0.05, 0.1) is 12.6 Å². The summed E-state index contributed by atoms with van der Waals surface area (Å²) in [6.07, 6.45) is -6.29. The van der Waals surface area contributed by atoms with Crippen LogP contribution in [0.5, 0.6) is 0 Å². The van der Waals surface area contributed by atoms with Crippen LogP contribution in [0.4, 0.5) is 18.0 Å². The van der Waals surface area contributed by atoms with Gasteiger partial charge in [0.1, 0.15) is 5.60 Å². The Morgan fingerprint density at radius 1 is 0.923 bits per heavy atom. The summed E-state index contributed by atoms with van der Waals surface area (Å²) in [5, 5.41) is 1.38. The number of halogens is 5. The van der Waals surface area contributed by atoms with Gasteiger partial charge in [0.2, 0.25) is 5.91 Å². The molecule has 0 aromatic heterocycles. The Kier molecular flexibility index (Phi) is 9.22. The lowest BCUT2D eigenvalue weighted by molar-refractivity contribution is -0.146. The average Bonchev–Trinajstić information content (AvgIpc) is 3.15. The van der Waals surface area contributed by atoms with Gasteiger partial charge in [-0.15, -0.1) is 0 Å². The predicted molar refractivity (Wildman–Crippen MR) is 155 cm³/mol. The summed E-state index contributed by atoms with van der Waals surface area (Å²) in [6, 6.07) is 18.0. The summed E-state index contributed by atoms with van der Waals surface area (Å²) in [7, 11) is -3.19. The summed E-state index contributed by atoms with van der Waals surface area (Å²) in [5.41, 5.74) is -0.956. The molecular weight excluding hydrogens is 659 g/mol. The number of benzene rings is 2. The number of carbonyl (C=O) groups excluding carboxylic acids is 2. The molecule has 1 fully saturated rings. The van der Waals surface area contributed by atoms with Crippen LogP contribution in [0.25, 0.3) is 0 Å². The Morgan fingerprint density at radius 3 is 1.77 bits per heavy atom. The molecule has 0 spiro atoms. The molecule has 1 aliphatic heterocycles. The summed E-state index contributed by atoms with van der Waals surface area (Å²) in [4.78, 5) is 27.1. The normalized spacial score (nSPS) is 19.4. The monoisotopic (exact) mass is 691 g/mol. The molecule has 0 N–H and O–H groups in total. The molecule has 0 unspecified atom stereocenters. The van der Waals surface area contributed by atoms with Gasteiger partial charge in [0.25, 0.3) is 8.32 Å². The molecular formula is C28H34Br2F3NO4Si. The van der Waals surface area contributed by atoms with Crippen molar-refractivity contribution in [3.63, 3.8) is 0 Å². The second-order valence-electron chi connectivity index (χ2n) is 11.7. The number of nitrogens with zero attached hydrogens (tertiary/aromatic N) is 1. The highest BCUT2D eigenvalue weighted by Gasteiger charge is 2.64. The second-order valence-corrected chi connectivity index (χ2v) is 19.6. The van der Waals surface area contributed by atoms with E-state index in [4.69, 9.17) is 9.16 Å². The molecule has 1 aliphatic rings.